The zero-order valence-electron chi connectivity index (χ0n) is 12.8. The van der Waals surface area contributed by atoms with E-state index in [9.17, 15) is 0 Å². The number of anilines is 2. The molecule has 0 amide bonds. The molecule has 0 fully saturated rings. The highest BCUT2D eigenvalue weighted by Gasteiger charge is 2.15. The van der Waals surface area contributed by atoms with Crippen molar-refractivity contribution in [2.24, 2.45) is 0 Å². The van der Waals surface area contributed by atoms with Crippen LogP contribution in [-0.4, -0.2) is 14.1 Å². The molecule has 2 aromatic carbocycles. The Balaban J connectivity index is 2.43. The summed E-state index contributed by atoms with van der Waals surface area (Å²) in [5.41, 5.74) is 4.13. The number of nitrogens with zero attached hydrogens (tertiary/aromatic N) is 2. The Bertz CT molecular complexity index is 639. The molecule has 0 heterocycles. The molecule has 0 aliphatic heterocycles. The molecule has 21 heavy (non-hydrogen) atoms. The smallest absolute Gasteiger partial charge is 0.0992 e. The largest absolute Gasteiger partial charge is 0.344 e. The van der Waals surface area contributed by atoms with Crippen LogP contribution in [0, 0.1) is 11.3 Å². The second-order valence-electron chi connectivity index (χ2n) is 5.03. The van der Waals surface area contributed by atoms with Crippen molar-refractivity contribution in [2.75, 3.05) is 19.0 Å². The molecule has 1 unspecified atom stereocenters. The fourth-order valence-corrected chi connectivity index (χ4v) is 2.59. The van der Waals surface area contributed by atoms with Crippen LogP contribution in [0.25, 0.3) is 0 Å². The molecular weight excluding hydrogens is 258 g/mol. The van der Waals surface area contributed by atoms with E-state index in [0.717, 1.165) is 17.8 Å². The lowest BCUT2D eigenvalue weighted by Crippen LogP contribution is -2.19. The van der Waals surface area contributed by atoms with Gasteiger partial charge in [-0.3, -0.25) is 0 Å². The monoisotopic (exact) mass is 279 g/mol. The third-order valence-electron chi connectivity index (χ3n) is 3.79. The van der Waals surface area contributed by atoms with Crippen molar-refractivity contribution >= 4 is 11.4 Å². The summed E-state index contributed by atoms with van der Waals surface area (Å²) in [6.45, 7) is 2.17. The summed E-state index contributed by atoms with van der Waals surface area (Å²) in [5, 5.41) is 12.4. The van der Waals surface area contributed by atoms with Crippen molar-refractivity contribution in [2.45, 2.75) is 19.4 Å². The summed E-state index contributed by atoms with van der Waals surface area (Å²) in [6.07, 6.45) is 1.03. The van der Waals surface area contributed by atoms with Gasteiger partial charge in [0.2, 0.25) is 0 Å². The van der Waals surface area contributed by atoms with E-state index in [1.807, 2.05) is 44.4 Å². The third-order valence-corrected chi connectivity index (χ3v) is 3.79. The summed E-state index contributed by atoms with van der Waals surface area (Å²) in [5.74, 6) is 0. The van der Waals surface area contributed by atoms with Gasteiger partial charge in [-0.1, -0.05) is 31.2 Å². The molecule has 3 heteroatoms. The molecule has 3 nitrogen and oxygen atoms in total. The number of benzene rings is 2. The van der Waals surface area contributed by atoms with E-state index < -0.39 is 0 Å². The normalized spacial score (nSPS) is 11.7. The molecule has 108 valence electrons. The Hall–Kier alpha value is -2.31. The number of hydrogen-bond donors (Lipinski definition) is 1. The zero-order valence-corrected chi connectivity index (χ0v) is 12.8. The number of hydrogen-bond acceptors (Lipinski definition) is 3. The van der Waals surface area contributed by atoms with Gasteiger partial charge in [0.05, 0.1) is 11.6 Å². The van der Waals surface area contributed by atoms with Crippen LogP contribution in [0.15, 0.2) is 48.5 Å². The van der Waals surface area contributed by atoms with Gasteiger partial charge in [0, 0.05) is 24.5 Å². The molecule has 0 bridgehead atoms. The highest BCUT2D eigenvalue weighted by molar-refractivity contribution is 5.67. The van der Waals surface area contributed by atoms with E-state index in [1.165, 1.54) is 5.56 Å². The van der Waals surface area contributed by atoms with E-state index in [0.29, 0.717) is 11.6 Å². The fraction of sp³-hybridized carbons (Fsp3) is 0.278. The van der Waals surface area contributed by atoms with Crippen molar-refractivity contribution in [1.82, 2.24) is 5.32 Å². The maximum absolute atomic E-state index is 9.05. The van der Waals surface area contributed by atoms with Crippen LogP contribution in [0.2, 0.25) is 0 Å². The SMILES string of the molecule is CCC(NC)c1ccccc1N(C)c1cccc(C#N)c1. The number of nitrogens with one attached hydrogen (secondary N) is 1. The highest BCUT2D eigenvalue weighted by atomic mass is 15.1. The molecule has 1 atom stereocenters. The lowest BCUT2D eigenvalue weighted by Gasteiger charge is -2.26. The molecule has 1 N–H and O–H groups in total. The minimum absolute atomic E-state index is 0.322. The summed E-state index contributed by atoms with van der Waals surface area (Å²) in [7, 11) is 4.03. The van der Waals surface area contributed by atoms with Gasteiger partial charge in [0.15, 0.2) is 0 Å². The minimum Gasteiger partial charge on any atom is -0.344 e. The average molecular weight is 279 g/mol. The first-order valence-corrected chi connectivity index (χ1v) is 7.21. The molecule has 0 aliphatic rings. The molecule has 0 spiro atoms. The van der Waals surface area contributed by atoms with Crippen LogP contribution >= 0.6 is 0 Å². The standard InChI is InChI=1S/C18H21N3/c1-4-17(20-2)16-10-5-6-11-18(16)21(3)15-9-7-8-14(12-15)13-19/h5-12,17,20H,4H2,1-3H3. The molecule has 0 aliphatic carbocycles. The van der Waals surface area contributed by atoms with Crippen molar-refractivity contribution in [1.29, 1.82) is 5.26 Å². The summed E-state index contributed by atoms with van der Waals surface area (Å²) in [4.78, 5) is 2.14. The molecule has 2 aromatic rings. The predicted octanol–water partition coefficient (Wildman–Crippen LogP) is 4.00. The van der Waals surface area contributed by atoms with Crippen molar-refractivity contribution in [3.63, 3.8) is 0 Å². The molecule has 2 rings (SSSR count). The van der Waals surface area contributed by atoms with E-state index in [1.54, 1.807) is 0 Å². The van der Waals surface area contributed by atoms with Crippen LogP contribution in [-0.2, 0) is 0 Å². The minimum atomic E-state index is 0.322. The summed E-state index contributed by atoms with van der Waals surface area (Å²) in [6, 6.07) is 18.6. The number of para-hydroxylation sites is 1. The van der Waals surface area contributed by atoms with Gasteiger partial charge in [-0.05, 0) is 43.3 Å². The Morgan fingerprint density at radius 2 is 1.95 bits per heavy atom. The lowest BCUT2D eigenvalue weighted by molar-refractivity contribution is 0.577. The Labute approximate surface area is 126 Å². The second kappa shape index (κ2) is 6.92. The number of rotatable bonds is 5. The van der Waals surface area contributed by atoms with Crippen molar-refractivity contribution in [3.05, 3.63) is 59.7 Å². The Morgan fingerprint density at radius 3 is 2.62 bits per heavy atom. The van der Waals surface area contributed by atoms with Crippen LogP contribution in [0.3, 0.4) is 0 Å². The van der Waals surface area contributed by atoms with Crippen LogP contribution in [0.4, 0.5) is 11.4 Å². The summed E-state index contributed by atoms with van der Waals surface area (Å²) >= 11 is 0. The van der Waals surface area contributed by atoms with Crippen molar-refractivity contribution < 1.29 is 0 Å². The maximum atomic E-state index is 9.05. The molecular formula is C18H21N3. The average Bonchev–Trinajstić information content (AvgIpc) is 2.56. The molecule has 0 saturated heterocycles. The predicted molar refractivity (Wildman–Crippen MR) is 87.8 cm³/mol. The second-order valence-corrected chi connectivity index (χ2v) is 5.03. The van der Waals surface area contributed by atoms with E-state index in [-0.39, 0.29) is 0 Å². The van der Waals surface area contributed by atoms with E-state index >= 15 is 0 Å². The first-order valence-electron chi connectivity index (χ1n) is 7.21. The van der Waals surface area contributed by atoms with Gasteiger partial charge in [0.1, 0.15) is 0 Å². The van der Waals surface area contributed by atoms with Crippen LogP contribution < -0.4 is 10.2 Å². The maximum Gasteiger partial charge on any atom is 0.0992 e. The van der Waals surface area contributed by atoms with E-state index in [4.69, 9.17) is 5.26 Å². The van der Waals surface area contributed by atoms with Gasteiger partial charge in [-0.15, -0.1) is 0 Å². The zero-order chi connectivity index (χ0) is 15.2. The first-order chi connectivity index (χ1) is 10.2. The highest BCUT2D eigenvalue weighted by Crippen LogP contribution is 2.32. The Kier molecular flexibility index (Phi) is 4.97. The van der Waals surface area contributed by atoms with Gasteiger partial charge < -0.3 is 10.2 Å². The van der Waals surface area contributed by atoms with Gasteiger partial charge in [-0.25, -0.2) is 0 Å². The fourth-order valence-electron chi connectivity index (χ4n) is 2.59. The lowest BCUT2D eigenvalue weighted by atomic mass is 10.0. The van der Waals surface area contributed by atoms with E-state index in [2.05, 4.69) is 41.4 Å². The molecule has 0 aromatic heterocycles. The third kappa shape index (κ3) is 3.24. The van der Waals surface area contributed by atoms with Gasteiger partial charge in [-0.2, -0.15) is 5.26 Å². The summed E-state index contributed by atoms with van der Waals surface area (Å²) < 4.78 is 0. The van der Waals surface area contributed by atoms with Gasteiger partial charge in [0.25, 0.3) is 0 Å². The quantitative estimate of drug-likeness (QED) is 0.899. The number of nitriles is 1. The first kappa shape index (κ1) is 15.1. The van der Waals surface area contributed by atoms with Crippen molar-refractivity contribution in [3.8, 4) is 6.07 Å². The Morgan fingerprint density at radius 1 is 1.19 bits per heavy atom. The topological polar surface area (TPSA) is 39.1 Å². The molecule has 0 saturated carbocycles. The van der Waals surface area contributed by atoms with Gasteiger partial charge >= 0.3 is 0 Å². The van der Waals surface area contributed by atoms with Crippen LogP contribution in [0.5, 0.6) is 0 Å². The van der Waals surface area contributed by atoms with Crippen LogP contribution in [0.1, 0.15) is 30.5 Å². The molecule has 0 radical (unpaired) electrons.